The van der Waals surface area contributed by atoms with Crippen LogP contribution < -0.4 is 20.9 Å². The lowest BCUT2D eigenvalue weighted by Gasteiger charge is -2.13. The zero-order valence-corrected chi connectivity index (χ0v) is 20.3. The van der Waals surface area contributed by atoms with Gasteiger partial charge in [0.15, 0.2) is 5.13 Å². The van der Waals surface area contributed by atoms with E-state index in [0.29, 0.717) is 22.9 Å². The highest BCUT2D eigenvalue weighted by Gasteiger charge is 2.11. The minimum Gasteiger partial charge on any atom is -0.378 e. The number of nitrogens with zero attached hydrogens (tertiary/aromatic N) is 5. The number of aromatic nitrogens is 4. The van der Waals surface area contributed by atoms with Crippen molar-refractivity contribution in [2.75, 3.05) is 34.9 Å². The van der Waals surface area contributed by atoms with E-state index in [1.165, 1.54) is 11.3 Å². The van der Waals surface area contributed by atoms with Crippen molar-refractivity contribution in [1.82, 2.24) is 19.9 Å². The summed E-state index contributed by atoms with van der Waals surface area (Å²) >= 11 is 1.38. The van der Waals surface area contributed by atoms with Crippen molar-refractivity contribution in [2.45, 2.75) is 20.3 Å². The summed E-state index contributed by atoms with van der Waals surface area (Å²) in [6, 6.07) is 15.7. The third-order valence-corrected chi connectivity index (χ3v) is 5.74. The van der Waals surface area contributed by atoms with Crippen LogP contribution >= 0.6 is 11.3 Å². The van der Waals surface area contributed by atoms with Crippen molar-refractivity contribution in [1.29, 1.82) is 0 Å². The average Bonchev–Trinajstić information content (AvgIpc) is 3.21. The quantitative estimate of drug-likeness (QED) is 0.338. The second-order valence-corrected chi connectivity index (χ2v) is 9.06. The van der Waals surface area contributed by atoms with Crippen LogP contribution in [0.5, 0.6) is 0 Å². The molecule has 0 aliphatic carbocycles. The lowest BCUT2D eigenvalue weighted by Crippen LogP contribution is -2.13. The highest BCUT2D eigenvalue weighted by atomic mass is 32.1. The Balaban J connectivity index is 1.38. The van der Waals surface area contributed by atoms with Crippen molar-refractivity contribution in [3.63, 3.8) is 0 Å². The largest absolute Gasteiger partial charge is 0.378 e. The first-order chi connectivity index (χ1) is 16.3. The molecule has 0 fully saturated rings. The van der Waals surface area contributed by atoms with Crippen molar-refractivity contribution >= 4 is 51.3 Å². The second-order valence-electron chi connectivity index (χ2n) is 7.94. The maximum absolute atomic E-state index is 12.4. The van der Waals surface area contributed by atoms with Crippen LogP contribution in [0.15, 0.2) is 54.7 Å². The van der Waals surface area contributed by atoms with Gasteiger partial charge in [0.2, 0.25) is 17.8 Å². The van der Waals surface area contributed by atoms with Crippen LogP contribution in [0.4, 0.5) is 34.1 Å². The summed E-state index contributed by atoms with van der Waals surface area (Å²) in [4.78, 5) is 32.7. The van der Waals surface area contributed by atoms with E-state index in [1.54, 1.807) is 13.1 Å². The van der Waals surface area contributed by atoms with Gasteiger partial charge in [0.05, 0.1) is 6.42 Å². The van der Waals surface area contributed by atoms with Crippen LogP contribution in [0, 0.1) is 13.8 Å². The van der Waals surface area contributed by atoms with Gasteiger partial charge in [-0.2, -0.15) is 15.0 Å². The number of hydrogen-bond acceptors (Lipinski definition) is 9. The molecule has 2 aromatic carbocycles. The highest BCUT2D eigenvalue weighted by molar-refractivity contribution is 7.15. The van der Waals surface area contributed by atoms with Gasteiger partial charge in [0.1, 0.15) is 5.82 Å². The Morgan fingerprint density at radius 1 is 0.882 bits per heavy atom. The molecule has 4 aromatic rings. The molecule has 0 saturated carbocycles. The average molecular weight is 475 g/mol. The number of anilines is 6. The smallest absolute Gasteiger partial charge is 0.234 e. The van der Waals surface area contributed by atoms with Crippen LogP contribution in [0.2, 0.25) is 0 Å². The molecule has 174 valence electrons. The molecule has 0 aliphatic heterocycles. The van der Waals surface area contributed by atoms with Gasteiger partial charge in [-0.15, -0.1) is 11.3 Å². The Bertz CT molecular complexity index is 1270. The van der Waals surface area contributed by atoms with Gasteiger partial charge < -0.3 is 15.5 Å². The minimum atomic E-state index is -0.0955. The predicted molar refractivity (Wildman–Crippen MR) is 138 cm³/mol. The van der Waals surface area contributed by atoms with E-state index < -0.39 is 0 Å². The Hall–Kier alpha value is -4.05. The van der Waals surface area contributed by atoms with Crippen LogP contribution in [0.1, 0.15) is 16.3 Å². The number of hydrogen-bond donors (Lipinski definition) is 3. The highest BCUT2D eigenvalue weighted by Crippen LogP contribution is 2.23. The van der Waals surface area contributed by atoms with Gasteiger partial charge in [0, 0.05) is 42.2 Å². The fraction of sp³-hybridized carbons (Fsp3) is 0.208. The molecule has 0 unspecified atom stereocenters. The van der Waals surface area contributed by atoms with Crippen LogP contribution in [-0.2, 0) is 11.2 Å². The number of nitrogens with one attached hydrogen (secondary N) is 3. The Morgan fingerprint density at radius 2 is 1.53 bits per heavy atom. The number of benzene rings is 2. The van der Waals surface area contributed by atoms with E-state index in [2.05, 4.69) is 35.9 Å². The molecule has 2 heterocycles. The first kappa shape index (κ1) is 23.1. The standard InChI is InChI=1S/C24H26N8OS/c1-15-5-7-17(8-6-15)28-21(33)13-20-14-25-24(34-20)31-23-27-16(2)26-22(30-23)29-18-9-11-19(12-10-18)32(3)4/h5-12,14H,13H2,1-4H3,(H,28,33)(H2,25,26,27,29,30,31). The fourth-order valence-corrected chi connectivity index (χ4v) is 3.91. The summed E-state index contributed by atoms with van der Waals surface area (Å²) < 4.78 is 0. The van der Waals surface area contributed by atoms with Crippen LogP contribution in [0.25, 0.3) is 0 Å². The summed E-state index contributed by atoms with van der Waals surface area (Å²) in [5.74, 6) is 1.28. The third-order valence-electron chi connectivity index (χ3n) is 4.83. The molecule has 0 aliphatic rings. The van der Waals surface area contributed by atoms with Gasteiger partial charge in [-0.1, -0.05) is 17.7 Å². The Kier molecular flexibility index (Phi) is 6.98. The van der Waals surface area contributed by atoms with E-state index in [4.69, 9.17) is 0 Å². The second kappa shape index (κ2) is 10.3. The fourth-order valence-electron chi connectivity index (χ4n) is 3.11. The molecule has 0 atom stereocenters. The van der Waals surface area contributed by atoms with E-state index in [-0.39, 0.29) is 12.3 Å². The molecule has 34 heavy (non-hydrogen) atoms. The number of aryl methyl sites for hydroxylation is 2. The number of thiazole rings is 1. The lowest BCUT2D eigenvalue weighted by molar-refractivity contribution is -0.115. The molecule has 10 heteroatoms. The normalized spacial score (nSPS) is 10.6. The monoisotopic (exact) mass is 474 g/mol. The van der Waals surface area contributed by atoms with E-state index in [0.717, 1.165) is 27.5 Å². The third kappa shape index (κ3) is 6.26. The number of carbonyl (C=O) groups is 1. The summed E-state index contributed by atoms with van der Waals surface area (Å²) in [5, 5.41) is 9.82. The molecule has 2 aromatic heterocycles. The molecule has 0 spiro atoms. The van der Waals surface area contributed by atoms with Crippen molar-refractivity contribution < 1.29 is 4.79 Å². The maximum atomic E-state index is 12.4. The molecule has 9 nitrogen and oxygen atoms in total. The Labute approximate surface area is 202 Å². The van der Waals surface area contributed by atoms with Crippen LogP contribution in [0.3, 0.4) is 0 Å². The number of rotatable bonds is 8. The first-order valence-electron chi connectivity index (χ1n) is 10.7. The van der Waals surface area contributed by atoms with Crippen LogP contribution in [-0.4, -0.2) is 39.9 Å². The summed E-state index contributed by atoms with van der Waals surface area (Å²) in [6.45, 7) is 3.81. The van der Waals surface area contributed by atoms with Crippen molar-refractivity contribution in [2.24, 2.45) is 0 Å². The molecule has 3 N–H and O–H groups in total. The zero-order valence-electron chi connectivity index (χ0n) is 19.5. The van der Waals surface area contributed by atoms with Gasteiger partial charge >= 0.3 is 0 Å². The molecule has 1 amide bonds. The van der Waals surface area contributed by atoms with E-state index >= 15 is 0 Å². The van der Waals surface area contributed by atoms with E-state index in [1.807, 2.05) is 74.4 Å². The summed E-state index contributed by atoms with van der Waals surface area (Å²) in [5.41, 5.74) is 3.89. The van der Waals surface area contributed by atoms with Gasteiger partial charge in [-0.25, -0.2) is 4.98 Å². The molecular formula is C24H26N8OS. The molecule has 0 radical (unpaired) electrons. The maximum Gasteiger partial charge on any atom is 0.234 e. The molecule has 0 bridgehead atoms. The van der Waals surface area contributed by atoms with E-state index in [9.17, 15) is 4.79 Å². The van der Waals surface area contributed by atoms with Crippen molar-refractivity contribution in [3.8, 4) is 0 Å². The predicted octanol–water partition coefficient (Wildman–Crippen LogP) is 4.68. The molecular weight excluding hydrogens is 448 g/mol. The number of carbonyl (C=O) groups excluding carboxylic acids is 1. The molecule has 0 saturated heterocycles. The van der Waals surface area contributed by atoms with Gasteiger partial charge in [-0.3, -0.25) is 10.1 Å². The topological polar surface area (TPSA) is 108 Å². The zero-order chi connectivity index (χ0) is 24.1. The Morgan fingerprint density at radius 3 is 2.21 bits per heavy atom. The van der Waals surface area contributed by atoms with Gasteiger partial charge in [-0.05, 0) is 50.2 Å². The summed E-state index contributed by atoms with van der Waals surface area (Å²) in [6.07, 6.45) is 1.92. The van der Waals surface area contributed by atoms with Crippen molar-refractivity contribution in [3.05, 3.63) is 71.0 Å². The molecule has 4 rings (SSSR count). The number of amides is 1. The first-order valence-corrected chi connectivity index (χ1v) is 11.5. The lowest BCUT2D eigenvalue weighted by atomic mass is 10.2. The SMILES string of the molecule is Cc1ccc(NC(=O)Cc2cnc(Nc3nc(C)nc(Nc4ccc(N(C)C)cc4)n3)s2)cc1. The summed E-state index contributed by atoms with van der Waals surface area (Å²) in [7, 11) is 3.99. The minimum absolute atomic E-state index is 0.0955. The van der Waals surface area contributed by atoms with Gasteiger partial charge in [0.25, 0.3) is 0 Å².